The Kier molecular flexibility index (Phi) is 4.37. The van der Waals surface area contributed by atoms with E-state index in [2.05, 4.69) is 61.6 Å². The van der Waals surface area contributed by atoms with Crippen LogP contribution in [0.4, 0.5) is 0 Å². The first-order valence-electron chi connectivity index (χ1n) is 7.83. The number of fused-ring (bicyclic) bond motifs is 1. The molecule has 0 aromatic heterocycles. The average molecular weight is 281 g/mol. The SMILES string of the molecule is CCNC(c1cccc(CC)c1)c1ccc2c(c1)COC2. The summed E-state index contributed by atoms with van der Waals surface area (Å²) in [5, 5.41) is 3.62. The molecule has 0 radical (unpaired) electrons. The lowest BCUT2D eigenvalue weighted by Gasteiger charge is -2.20. The molecule has 1 aliphatic rings. The van der Waals surface area contributed by atoms with Crippen molar-refractivity contribution in [3.63, 3.8) is 0 Å². The van der Waals surface area contributed by atoms with Crippen molar-refractivity contribution in [3.8, 4) is 0 Å². The van der Waals surface area contributed by atoms with Gasteiger partial charge in [0.15, 0.2) is 0 Å². The number of ether oxygens (including phenoxy) is 1. The fourth-order valence-electron chi connectivity index (χ4n) is 3.00. The Hall–Kier alpha value is -1.64. The van der Waals surface area contributed by atoms with Gasteiger partial charge in [0.1, 0.15) is 0 Å². The van der Waals surface area contributed by atoms with Crippen LogP contribution in [0, 0.1) is 0 Å². The van der Waals surface area contributed by atoms with Crippen LogP contribution in [0.5, 0.6) is 0 Å². The summed E-state index contributed by atoms with van der Waals surface area (Å²) in [7, 11) is 0. The first-order valence-corrected chi connectivity index (χ1v) is 7.83. The number of rotatable bonds is 5. The zero-order valence-corrected chi connectivity index (χ0v) is 12.9. The summed E-state index contributed by atoms with van der Waals surface area (Å²) < 4.78 is 5.53. The van der Waals surface area contributed by atoms with Gasteiger partial charge in [0.25, 0.3) is 0 Å². The Labute approximate surface area is 127 Å². The maximum Gasteiger partial charge on any atom is 0.0725 e. The molecule has 1 aliphatic heterocycles. The van der Waals surface area contributed by atoms with Crippen LogP contribution in [0.1, 0.15) is 47.7 Å². The van der Waals surface area contributed by atoms with E-state index in [0.717, 1.165) is 26.2 Å². The summed E-state index contributed by atoms with van der Waals surface area (Å²) >= 11 is 0. The van der Waals surface area contributed by atoms with Crippen LogP contribution in [-0.2, 0) is 24.4 Å². The van der Waals surface area contributed by atoms with Crippen molar-refractivity contribution in [2.75, 3.05) is 6.54 Å². The Morgan fingerprint density at radius 2 is 1.81 bits per heavy atom. The highest BCUT2D eigenvalue weighted by Crippen LogP contribution is 2.28. The first-order chi connectivity index (χ1) is 10.3. The fraction of sp³-hybridized carbons (Fsp3) is 0.368. The molecule has 0 amide bonds. The zero-order chi connectivity index (χ0) is 14.7. The molecule has 2 heteroatoms. The second-order valence-electron chi connectivity index (χ2n) is 5.61. The van der Waals surface area contributed by atoms with Gasteiger partial charge in [-0.25, -0.2) is 0 Å². The minimum atomic E-state index is 0.257. The van der Waals surface area contributed by atoms with E-state index in [0.29, 0.717) is 0 Å². The van der Waals surface area contributed by atoms with Gasteiger partial charge in [0.2, 0.25) is 0 Å². The van der Waals surface area contributed by atoms with E-state index in [4.69, 9.17) is 4.74 Å². The number of hydrogen-bond acceptors (Lipinski definition) is 2. The molecule has 0 aliphatic carbocycles. The Morgan fingerprint density at radius 3 is 2.62 bits per heavy atom. The summed E-state index contributed by atoms with van der Waals surface area (Å²) in [5.41, 5.74) is 6.72. The first kappa shape index (κ1) is 14.3. The van der Waals surface area contributed by atoms with Crippen molar-refractivity contribution in [1.82, 2.24) is 5.32 Å². The van der Waals surface area contributed by atoms with E-state index >= 15 is 0 Å². The van der Waals surface area contributed by atoms with Gasteiger partial charge >= 0.3 is 0 Å². The fourth-order valence-corrected chi connectivity index (χ4v) is 3.00. The van der Waals surface area contributed by atoms with Gasteiger partial charge in [-0.2, -0.15) is 0 Å². The molecule has 0 fully saturated rings. The predicted molar refractivity (Wildman–Crippen MR) is 86.3 cm³/mol. The molecule has 0 bridgehead atoms. The highest BCUT2D eigenvalue weighted by molar-refractivity contribution is 5.39. The van der Waals surface area contributed by atoms with Gasteiger partial charge in [-0.3, -0.25) is 0 Å². The molecule has 1 unspecified atom stereocenters. The molecule has 0 saturated heterocycles. The molecule has 2 aromatic rings. The quantitative estimate of drug-likeness (QED) is 0.895. The molecule has 21 heavy (non-hydrogen) atoms. The monoisotopic (exact) mass is 281 g/mol. The normalized spacial score (nSPS) is 15.0. The van der Waals surface area contributed by atoms with Gasteiger partial charge in [-0.05, 0) is 40.8 Å². The Bertz CT molecular complexity index is 621. The maximum absolute atomic E-state index is 5.53. The molecule has 1 heterocycles. The van der Waals surface area contributed by atoms with Crippen molar-refractivity contribution in [3.05, 3.63) is 70.3 Å². The van der Waals surface area contributed by atoms with Crippen LogP contribution in [0.3, 0.4) is 0 Å². The Balaban J connectivity index is 1.97. The van der Waals surface area contributed by atoms with E-state index < -0.39 is 0 Å². The lowest BCUT2D eigenvalue weighted by atomic mass is 9.94. The lowest BCUT2D eigenvalue weighted by Crippen LogP contribution is -2.22. The van der Waals surface area contributed by atoms with E-state index in [1.807, 2.05) is 0 Å². The molecular weight excluding hydrogens is 258 g/mol. The lowest BCUT2D eigenvalue weighted by molar-refractivity contribution is 0.134. The summed E-state index contributed by atoms with van der Waals surface area (Å²) in [6.45, 7) is 6.82. The molecule has 0 saturated carbocycles. The average Bonchev–Trinajstić information content (AvgIpc) is 3.00. The van der Waals surface area contributed by atoms with Gasteiger partial charge in [-0.15, -0.1) is 0 Å². The van der Waals surface area contributed by atoms with E-state index in [9.17, 15) is 0 Å². The number of nitrogens with one attached hydrogen (secondary N) is 1. The van der Waals surface area contributed by atoms with Crippen molar-refractivity contribution in [1.29, 1.82) is 0 Å². The molecule has 1 N–H and O–H groups in total. The summed E-state index contributed by atoms with van der Waals surface area (Å²) in [6.07, 6.45) is 1.07. The minimum Gasteiger partial charge on any atom is -0.372 e. The van der Waals surface area contributed by atoms with Crippen LogP contribution >= 0.6 is 0 Å². The summed E-state index contributed by atoms with van der Waals surface area (Å²) in [5.74, 6) is 0. The molecule has 3 rings (SSSR count). The van der Waals surface area contributed by atoms with Crippen molar-refractivity contribution >= 4 is 0 Å². The molecule has 110 valence electrons. The largest absolute Gasteiger partial charge is 0.372 e. The molecule has 0 spiro atoms. The van der Waals surface area contributed by atoms with Gasteiger partial charge in [0, 0.05) is 0 Å². The highest BCUT2D eigenvalue weighted by Gasteiger charge is 2.17. The molecule has 2 nitrogen and oxygen atoms in total. The molecular formula is C19H23NO. The third-order valence-electron chi connectivity index (χ3n) is 4.18. The highest BCUT2D eigenvalue weighted by atomic mass is 16.5. The van der Waals surface area contributed by atoms with Crippen LogP contribution < -0.4 is 5.32 Å². The van der Waals surface area contributed by atoms with E-state index in [1.165, 1.54) is 27.8 Å². The third-order valence-corrected chi connectivity index (χ3v) is 4.18. The maximum atomic E-state index is 5.53. The van der Waals surface area contributed by atoms with Crippen LogP contribution in [-0.4, -0.2) is 6.54 Å². The molecule has 2 aromatic carbocycles. The third kappa shape index (κ3) is 3.02. The van der Waals surface area contributed by atoms with Crippen molar-refractivity contribution < 1.29 is 4.74 Å². The number of hydrogen-bond donors (Lipinski definition) is 1. The summed E-state index contributed by atoms with van der Waals surface area (Å²) in [4.78, 5) is 0. The standard InChI is InChI=1S/C19H23NO/c1-3-14-6-5-7-15(10-14)19(20-4-2)16-8-9-17-12-21-13-18(17)11-16/h5-11,19-20H,3-4,12-13H2,1-2H3. The Morgan fingerprint density at radius 1 is 1.00 bits per heavy atom. The zero-order valence-electron chi connectivity index (χ0n) is 12.9. The molecule has 1 atom stereocenters. The van der Waals surface area contributed by atoms with Crippen LogP contribution in [0.2, 0.25) is 0 Å². The van der Waals surface area contributed by atoms with Gasteiger partial charge < -0.3 is 10.1 Å². The van der Waals surface area contributed by atoms with E-state index in [1.54, 1.807) is 0 Å². The van der Waals surface area contributed by atoms with Gasteiger partial charge in [-0.1, -0.05) is 56.3 Å². The topological polar surface area (TPSA) is 21.3 Å². The van der Waals surface area contributed by atoms with Crippen LogP contribution in [0.25, 0.3) is 0 Å². The second kappa shape index (κ2) is 6.42. The summed E-state index contributed by atoms with van der Waals surface area (Å²) in [6, 6.07) is 15.9. The van der Waals surface area contributed by atoms with Crippen molar-refractivity contribution in [2.24, 2.45) is 0 Å². The van der Waals surface area contributed by atoms with Crippen molar-refractivity contribution in [2.45, 2.75) is 39.5 Å². The minimum absolute atomic E-state index is 0.257. The van der Waals surface area contributed by atoms with Gasteiger partial charge in [0.05, 0.1) is 19.3 Å². The number of benzene rings is 2. The smallest absolute Gasteiger partial charge is 0.0725 e. The second-order valence-corrected chi connectivity index (χ2v) is 5.61. The predicted octanol–water partition coefficient (Wildman–Crippen LogP) is 3.98. The van der Waals surface area contributed by atoms with Crippen LogP contribution in [0.15, 0.2) is 42.5 Å². The van der Waals surface area contributed by atoms with E-state index in [-0.39, 0.29) is 6.04 Å². The number of aryl methyl sites for hydroxylation is 1.